The molecule has 0 saturated carbocycles. The highest BCUT2D eigenvalue weighted by Gasteiger charge is 2.38. The van der Waals surface area contributed by atoms with Crippen LogP contribution in [0.25, 0.3) is 0 Å². The van der Waals surface area contributed by atoms with Crippen LogP contribution in [-0.2, 0) is 26.1 Å². The number of esters is 1. The lowest BCUT2D eigenvalue weighted by Crippen LogP contribution is -2.45. The number of rotatable bonds is 7. The molecule has 1 saturated heterocycles. The number of aromatic amines is 1. The van der Waals surface area contributed by atoms with Crippen LogP contribution in [0.1, 0.15) is 52.6 Å². The van der Waals surface area contributed by atoms with Crippen LogP contribution in [0.5, 0.6) is 0 Å². The second-order valence-corrected chi connectivity index (χ2v) is 10.1. The highest BCUT2D eigenvalue weighted by Crippen LogP contribution is 2.30. The first kappa shape index (κ1) is 24.0. The average Bonchev–Trinajstić information content (AvgIpc) is 3.06. The summed E-state index contributed by atoms with van der Waals surface area (Å²) in [5.41, 5.74) is 2.98. The number of sulfonamides is 1. The van der Waals surface area contributed by atoms with Crippen LogP contribution < -0.4 is 5.32 Å². The number of nitrogens with one attached hydrogen (secondary N) is 2. The van der Waals surface area contributed by atoms with Crippen LogP contribution >= 0.6 is 0 Å². The smallest absolute Gasteiger partial charge is 0.341 e. The molecule has 0 bridgehead atoms. The second-order valence-electron chi connectivity index (χ2n) is 8.21. The topological polar surface area (TPSA) is 109 Å². The van der Waals surface area contributed by atoms with E-state index in [-0.39, 0.29) is 29.5 Å². The zero-order valence-corrected chi connectivity index (χ0v) is 19.8. The summed E-state index contributed by atoms with van der Waals surface area (Å²) in [6.07, 6.45) is 1.18. The minimum absolute atomic E-state index is 0.0374. The van der Waals surface area contributed by atoms with E-state index in [9.17, 15) is 18.0 Å². The van der Waals surface area contributed by atoms with Crippen molar-refractivity contribution in [2.45, 2.75) is 52.0 Å². The van der Waals surface area contributed by atoms with Crippen LogP contribution in [0.3, 0.4) is 0 Å². The number of carbonyl (C=O) groups excluding carboxylic acids is 2. The van der Waals surface area contributed by atoms with E-state index < -0.39 is 21.9 Å². The molecule has 1 aliphatic rings. The van der Waals surface area contributed by atoms with E-state index in [4.69, 9.17) is 4.74 Å². The predicted octanol–water partition coefficient (Wildman–Crippen LogP) is 2.83. The number of aromatic nitrogens is 1. The molecule has 1 atom stereocenters. The summed E-state index contributed by atoms with van der Waals surface area (Å²) in [6, 6.07) is 7.88. The van der Waals surface area contributed by atoms with Crippen molar-refractivity contribution >= 4 is 21.9 Å². The first-order valence-electron chi connectivity index (χ1n) is 10.8. The molecule has 2 heterocycles. The van der Waals surface area contributed by atoms with Crippen molar-refractivity contribution in [3.63, 3.8) is 0 Å². The van der Waals surface area contributed by atoms with Crippen LogP contribution in [0.2, 0.25) is 0 Å². The Morgan fingerprint density at radius 3 is 2.66 bits per heavy atom. The maximum Gasteiger partial charge on any atom is 0.341 e. The molecule has 1 aromatic carbocycles. The van der Waals surface area contributed by atoms with Crippen LogP contribution in [0, 0.1) is 26.7 Å². The molecule has 1 fully saturated rings. The molecule has 32 heavy (non-hydrogen) atoms. The number of nitrogens with zero attached hydrogens (tertiary/aromatic N) is 1. The van der Waals surface area contributed by atoms with Gasteiger partial charge < -0.3 is 15.0 Å². The third kappa shape index (κ3) is 5.05. The number of carbonyl (C=O) groups is 2. The molecular weight excluding hydrogens is 430 g/mol. The van der Waals surface area contributed by atoms with Crippen molar-refractivity contribution in [3.05, 3.63) is 52.3 Å². The number of aryl methyl sites for hydroxylation is 3. The Kier molecular flexibility index (Phi) is 7.40. The minimum Gasteiger partial charge on any atom is -0.462 e. The van der Waals surface area contributed by atoms with Gasteiger partial charge in [0, 0.05) is 31.0 Å². The van der Waals surface area contributed by atoms with E-state index in [0.717, 1.165) is 11.1 Å². The zero-order valence-electron chi connectivity index (χ0n) is 19.0. The van der Waals surface area contributed by atoms with Gasteiger partial charge in [-0.2, -0.15) is 4.31 Å². The van der Waals surface area contributed by atoms with Gasteiger partial charge in [-0.15, -0.1) is 0 Å². The number of hydrogen-bond acceptors (Lipinski definition) is 5. The molecule has 0 aliphatic carbocycles. The Morgan fingerprint density at radius 1 is 1.22 bits per heavy atom. The van der Waals surface area contributed by atoms with E-state index in [1.165, 1.54) is 4.31 Å². The molecule has 9 heteroatoms. The van der Waals surface area contributed by atoms with Gasteiger partial charge in [-0.25, -0.2) is 13.2 Å². The lowest BCUT2D eigenvalue weighted by molar-refractivity contribution is -0.126. The molecular formula is C23H31N3O5S. The minimum atomic E-state index is -3.98. The number of hydrogen-bond donors (Lipinski definition) is 2. The molecule has 1 amide bonds. The van der Waals surface area contributed by atoms with E-state index in [1.807, 2.05) is 31.2 Å². The third-order valence-corrected chi connectivity index (χ3v) is 7.74. The molecule has 3 rings (SSSR count). The van der Waals surface area contributed by atoms with Gasteiger partial charge >= 0.3 is 5.97 Å². The summed E-state index contributed by atoms with van der Waals surface area (Å²) in [5, 5.41) is 2.93. The van der Waals surface area contributed by atoms with Crippen molar-refractivity contribution in [2.24, 2.45) is 5.92 Å². The Bertz CT molecular complexity index is 1110. The fraction of sp³-hybridized carbons (Fsp3) is 0.478. The molecule has 0 radical (unpaired) electrons. The zero-order chi connectivity index (χ0) is 23.5. The van der Waals surface area contributed by atoms with Crippen molar-refractivity contribution < 1.29 is 22.7 Å². The maximum atomic E-state index is 13.5. The van der Waals surface area contributed by atoms with Crippen molar-refractivity contribution in [1.29, 1.82) is 0 Å². The number of piperidine rings is 1. The molecule has 1 unspecified atom stereocenters. The third-order valence-electron chi connectivity index (χ3n) is 5.70. The van der Waals surface area contributed by atoms with Gasteiger partial charge in [0.15, 0.2) is 0 Å². The summed E-state index contributed by atoms with van der Waals surface area (Å²) in [6.45, 7) is 7.86. The highest BCUT2D eigenvalue weighted by molar-refractivity contribution is 7.89. The maximum absolute atomic E-state index is 13.5. The summed E-state index contributed by atoms with van der Waals surface area (Å²) in [5.74, 6) is -1.29. The summed E-state index contributed by atoms with van der Waals surface area (Å²) in [7, 11) is -3.98. The summed E-state index contributed by atoms with van der Waals surface area (Å²) in [4.78, 5) is 28.1. The summed E-state index contributed by atoms with van der Waals surface area (Å²) >= 11 is 0. The van der Waals surface area contributed by atoms with Gasteiger partial charge in [-0.1, -0.05) is 29.8 Å². The quantitative estimate of drug-likeness (QED) is 0.617. The normalized spacial score (nSPS) is 17.2. The number of amides is 1. The lowest BCUT2D eigenvalue weighted by Gasteiger charge is -2.31. The molecule has 2 N–H and O–H groups in total. The SMILES string of the molecule is CCOC(=O)c1c(C)[nH]c(C)c1S(=O)(=O)N1CCCC(C(=O)NCc2cccc(C)c2)C1. The first-order chi connectivity index (χ1) is 15.1. The molecule has 0 spiro atoms. The fourth-order valence-corrected chi connectivity index (χ4v) is 6.13. The Balaban J connectivity index is 1.77. The predicted molar refractivity (Wildman–Crippen MR) is 121 cm³/mol. The van der Waals surface area contributed by atoms with Crippen LogP contribution in [0.4, 0.5) is 0 Å². The number of ether oxygens (including phenoxy) is 1. The Morgan fingerprint density at radius 2 is 1.97 bits per heavy atom. The summed E-state index contributed by atoms with van der Waals surface area (Å²) < 4.78 is 33.4. The van der Waals surface area contributed by atoms with E-state index in [1.54, 1.807) is 20.8 Å². The van der Waals surface area contributed by atoms with Crippen LogP contribution in [0.15, 0.2) is 29.2 Å². The molecule has 8 nitrogen and oxygen atoms in total. The van der Waals surface area contributed by atoms with Crippen molar-refractivity contribution in [3.8, 4) is 0 Å². The molecule has 2 aromatic rings. The van der Waals surface area contributed by atoms with E-state index in [0.29, 0.717) is 37.3 Å². The number of benzene rings is 1. The largest absolute Gasteiger partial charge is 0.462 e. The van der Waals surface area contributed by atoms with Gasteiger partial charge in [0.25, 0.3) is 0 Å². The average molecular weight is 462 g/mol. The highest BCUT2D eigenvalue weighted by atomic mass is 32.2. The van der Waals surface area contributed by atoms with E-state index in [2.05, 4.69) is 10.3 Å². The Hall–Kier alpha value is -2.65. The van der Waals surface area contributed by atoms with Gasteiger partial charge in [-0.05, 0) is 46.1 Å². The van der Waals surface area contributed by atoms with E-state index >= 15 is 0 Å². The second kappa shape index (κ2) is 9.87. The lowest BCUT2D eigenvalue weighted by atomic mass is 9.98. The Labute approximate surface area is 189 Å². The van der Waals surface area contributed by atoms with Gasteiger partial charge in [0.1, 0.15) is 10.5 Å². The fourth-order valence-electron chi connectivity index (χ4n) is 4.19. The standard InChI is InChI=1S/C23H31N3O5S/c1-5-31-23(28)20-16(3)25-17(4)21(20)32(29,30)26-11-7-10-19(14-26)22(27)24-13-18-9-6-8-15(2)12-18/h6,8-9,12,19,25H,5,7,10-11,13-14H2,1-4H3,(H,24,27). The monoisotopic (exact) mass is 461 g/mol. The van der Waals surface area contributed by atoms with Gasteiger partial charge in [-0.3, -0.25) is 4.79 Å². The van der Waals surface area contributed by atoms with Crippen molar-refractivity contribution in [2.75, 3.05) is 19.7 Å². The number of H-pyrrole nitrogens is 1. The van der Waals surface area contributed by atoms with Gasteiger partial charge in [0.2, 0.25) is 15.9 Å². The molecule has 1 aromatic heterocycles. The van der Waals surface area contributed by atoms with Crippen LogP contribution in [-0.4, -0.2) is 49.3 Å². The first-order valence-corrected chi connectivity index (χ1v) is 12.3. The van der Waals surface area contributed by atoms with Crippen molar-refractivity contribution in [1.82, 2.24) is 14.6 Å². The molecule has 1 aliphatic heterocycles. The molecule has 174 valence electrons. The van der Waals surface area contributed by atoms with Gasteiger partial charge in [0.05, 0.1) is 12.5 Å².